The van der Waals surface area contributed by atoms with E-state index >= 15 is 0 Å². The van der Waals surface area contributed by atoms with Crippen LogP contribution in [0.2, 0.25) is 0 Å². The summed E-state index contributed by atoms with van der Waals surface area (Å²) in [6.07, 6.45) is 0. The predicted octanol–water partition coefficient (Wildman–Crippen LogP) is 4.83. The van der Waals surface area contributed by atoms with Crippen LogP contribution in [-0.2, 0) is 4.79 Å². The summed E-state index contributed by atoms with van der Waals surface area (Å²) in [5.74, 6) is -1.44. The fourth-order valence-electron chi connectivity index (χ4n) is 3.21. The second-order valence-corrected chi connectivity index (χ2v) is 8.01. The van der Waals surface area contributed by atoms with Gasteiger partial charge < -0.3 is 10.2 Å². The third kappa shape index (κ3) is 3.40. The summed E-state index contributed by atoms with van der Waals surface area (Å²) >= 11 is 4.95. The molecule has 1 aromatic heterocycles. The van der Waals surface area contributed by atoms with Gasteiger partial charge in [-0.1, -0.05) is 34.1 Å². The van der Waals surface area contributed by atoms with Crippen molar-refractivity contribution in [3.05, 3.63) is 86.3 Å². The van der Waals surface area contributed by atoms with Crippen LogP contribution in [-0.4, -0.2) is 23.3 Å². The molecule has 2 heterocycles. The fourth-order valence-corrected chi connectivity index (χ4v) is 4.44. The summed E-state index contributed by atoms with van der Waals surface area (Å²) in [5, 5.41) is 4.77. The van der Waals surface area contributed by atoms with Crippen molar-refractivity contribution < 1.29 is 14.0 Å². The highest BCUT2D eigenvalue weighted by Gasteiger charge is 2.35. The van der Waals surface area contributed by atoms with Crippen molar-refractivity contribution in [2.45, 2.75) is 6.04 Å². The lowest BCUT2D eigenvalue weighted by Gasteiger charge is -2.29. The average Bonchev–Trinajstić information content (AvgIpc) is 3.13. The zero-order valence-electron chi connectivity index (χ0n) is 14.0. The van der Waals surface area contributed by atoms with E-state index in [1.807, 2.05) is 29.6 Å². The van der Waals surface area contributed by atoms with Crippen molar-refractivity contribution in [1.82, 2.24) is 4.90 Å². The van der Waals surface area contributed by atoms with Crippen LogP contribution in [0.5, 0.6) is 0 Å². The Kier molecular flexibility index (Phi) is 4.80. The van der Waals surface area contributed by atoms with Gasteiger partial charge in [-0.2, -0.15) is 0 Å². The second kappa shape index (κ2) is 7.25. The van der Waals surface area contributed by atoms with Crippen LogP contribution >= 0.6 is 27.3 Å². The Balaban J connectivity index is 1.89. The van der Waals surface area contributed by atoms with Crippen LogP contribution < -0.4 is 5.32 Å². The number of nitrogens with one attached hydrogen (secondary N) is 1. The largest absolute Gasteiger partial charge is 0.324 e. The van der Waals surface area contributed by atoms with Gasteiger partial charge in [0.15, 0.2) is 0 Å². The molecular formula is C20H14BrFN2O2S. The number of thiophene rings is 1. The molecule has 1 atom stereocenters. The van der Waals surface area contributed by atoms with Gasteiger partial charge in [0.1, 0.15) is 12.4 Å². The van der Waals surface area contributed by atoms with E-state index in [1.54, 1.807) is 12.1 Å². The monoisotopic (exact) mass is 444 g/mol. The van der Waals surface area contributed by atoms with Gasteiger partial charge in [0.05, 0.1) is 11.6 Å². The molecule has 0 fully saturated rings. The first-order chi connectivity index (χ1) is 13.0. The maximum absolute atomic E-state index is 14.3. The summed E-state index contributed by atoms with van der Waals surface area (Å²) < 4.78 is 15.1. The molecule has 7 heteroatoms. The standard InChI is InChI=1S/C20H14BrFN2O2S/c21-12-7-8-16-14(10-12)19(17-6-3-9-27-17)24(11-18(25)23-16)20(26)13-4-1-2-5-15(13)22/h1-10,19H,11H2,(H,23,25). The van der Waals surface area contributed by atoms with Gasteiger partial charge in [-0.05, 0) is 41.8 Å². The van der Waals surface area contributed by atoms with E-state index in [9.17, 15) is 14.0 Å². The maximum atomic E-state index is 14.3. The highest BCUT2D eigenvalue weighted by molar-refractivity contribution is 9.10. The van der Waals surface area contributed by atoms with Crippen LogP contribution in [0.15, 0.2) is 64.5 Å². The molecule has 0 saturated heterocycles. The molecule has 0 spiro atoms. The Morgan fingerprint density at radius 3 is 2.74 bits per heavy atom. The number of rotatable bonds is 2. The normalized spacial score (nSPS) is 16.4. The summed E-state index contributed by atoms with van der Waals surface area (Å²) in [5.41, 5.74) is 1.37. The van der Waals surface area contributed by atoms with Crippen LogP contribution in [0.1, 0.15) is 26.8 Å². The zero-order valence-corrected chi connectivity index (χ0v) is 16.4. The Morgan fingerprint density at radius 1 is 1.19 bits per heavy atom. The van der Waals surface area contributed by atoms with E-state index in [2.05, 4.69) is 21.2 Å². The molecule has 3 aromatic rings. The van der Waals surface area contributed by atoms with Crippen LogP contribution in [0.25, 0.3) is 0 Å². The smallest absolute Gasteiger partial charge is 0.258 e. The average molecular weight is 445 g/mol. The maximum Gasteiger partial charge on any atom is 0.258 e. The van der Waals surface area contributed by atoms with Gasteiger partial charge in [-0.15, -0.1) is 11.3 Å². The number of hydrogen-bond acceptors (Lipinski definition) is 3. The third-order valence-corrected chi connectivity index (χ3v) is 5.80. The first-order valence-corrected chi connectivity index (χ1v) is 9.90. The minimum absolute atomic E-state index is 0.0506. The number of carbonyl (C=O) groups is 2. The first-order valence-electron chi connectivity index (χ1n) is 8.23. The zero-order chi connectivity index (χ0) is 19.0. The van der Waals surface area contributed by atoms with Gasteiger partial charge in [0, 0.05) is 20.6 Å². The van der Waals surface area contributed by atoms with Crippen LogP contribution in [0.4, 0.5) is 10.1 Å². The molecule has 1 aliphatic rings. The molecule has 136 valence electrons. The van der Waals surface area contributed by atoms with Crippen molar-refractivity contribution in [3.8, 4) is 0 Å². The number of benzene rings is 2. The molecule has 2 aromatic carbocycles. The first kappa shape index (κ1) is 17.9. The molecule has 0 aliphatic carbocycles. The molecule has 2 amide bonds. The topological polar surface area (TPSA) is 49.4 Å². The Labute approximate surface area is 167 Å². The summed E-state index contributed by atoms with van der Waals surface area (Å²) in [7, 11) is 0. The lowest BCUT2D eigenvalue weighted by molar-refractivity contribution is -0.117. The molecular weight excluding hydrogens is 431 g/mol. The van der Waals surface area contributed by atoms with Gasteiger partial charge in [-0.3, -0.25) is 9.59 Å². The minimum Gasteiger partial charge on any atom is -0.324 e. The Hall–Kier alpha value is -2.51. The summed E-state index contributed by atoms with van der Waals surface area (Å²) in [4.78, 5) is 28.0. The molecule has 4 nitrogen and oxygen atoms in total. The van der Waals surface area contributed by atoms with Crippen molar-refractivity contribution in [2.24, 2.45) is 0 Å². The van der Waals surface area contributed by atoms with Crippen molar-refractivity contribution in [2.75, 3.05) is 11.9 Å². The Bertz CT molecular complexity index is 1020. The van der Waals surface area contributed by atoms with Crippen molar-refractivity contribution >= 4 is 44.8 Å². The van der Waals surface area contributed by atoms with Crippen LogP contribution in [0, 0.1) is 5.82 Å². The SMILES string of the molecule is O=C1CN(C(=O)c2ccccc2F)C(c2cccs2)c2cc(Br)ccc2N1. The van der Waals surface area contributed by atoms with E-state index in [0.29, 0.717) is 5.69 Å². The fraction of sp³-hybridized carbons (Fsp3) is 0.100. The van der Waals surface area contributed by atoms with Gasteiger partial charge in [-0.25, -0.2) is 4.39 Å². The van der Waals surface area contributed by atoms with Gasteiger partial charge in [0.2, 0.25) is 5.91 Å². The van der Waals surface area contributed by atoms with E-state index in [1.165, 1.54) is 34.4 Å². The van der Waals surface area contributed by atoms with E-state index in [0.717, 1.165) is 14.9 Å². The summed E-state index contributed by atoms with van der Waals surface area (Å²) in [6, 6.07) is 14.7. The molecule has 1 N–H and O–H groups in total. The highest BCUT2D eigenvalue weighted by Crippen LogP contribution is 2.39. The molecule has 0 radical (unpaired) electrons. The number of hydrogen-bond donors (Lipinski definition) is 1. The predicted molar refractivity (Wildman–Crippen MR) is 106 cm³/mol. The van der Waals surface area contributed by atoms with Crippen molar-refractivity contribution in [3.63, 3.8) is 0 Å². The second-order valence-electron chi connectivity index (χ2n) is 6.11. The quantitative estimate of drug-likeness (QED) is 0.614. The number of anilines is 1. The number of nitrogens with zero attached hydrogens (tertiary/aromatic N) is 1. The number of carbonyl (C=O) groups excluding carboxylic acids is 2. The van der Waals surface area contributed by atoms with E-state index < -0.39 is 17.8 Å². The van der Waals surface area contributed by atoms with Crippen molar-refractivity contribution in [1.29, 1.82) is 0 Å². The van der Waals surface area contributed by atoms with Gasteiger partial charge >= 0.3 is 0 Å². The molecule has 0 bridgehead atoms. The van der Waals surface area contributed by atoms with E-state index in [4.69, 9.17) is 0 Å². The minimum atomic E-state index is -0.605. The summed E-state index contributed by atoms with van der Waals surface area (Å²) in [6.45, 7) is -0.165. The van der Waals surface area contributed by atoms with E-state index in [-0.39, 0.29) is 18.0 Å². The Morgan fingerprint density at radius 2 is 2.00 bits per heavy atom. The van der Waals surface area contributed by atoms with Gasteiger partial charge in [0.25, 0.3) is 5.91 Å². The molecule has 0 saturated carbocycles. The molecule has 27 heavy (non-hydrogen) atoms. The molecule has 4 rings (SSSR count). The highest BCUT2D eigenvalue weighted by atomic mass is 79.9. The number of amides is 2. The molecule has 1 aliphatic heterocycles. The number of halogens is 2. The number of fused-ring (bicyclic) bond motifs is 1. The third-order valence-electron chi connectivity index (χ3n) is 4.39. The van der Waals surface area contributed by atoms with Crippen LogP contribution in [0.3, 0.4) is 0 Å². The lowest BCUT2D eigenvalue weighted by atomic mass is 10.0. The lowest BCUT2D eigenvalue weighted by Crippen LogP contribution is -2.39. The molecule has 1 unspecified atom stereocenters.